The van der Waals surface area contributed by atoms with Gasteiger partial charge in [0.25, 0.3) is 0 Å². The Bertz CT molecular complexity index is 340. The first-order valence-electron chi connectivity index (χ1n) is 5.45. The molecule has 0 aliphatic carbocycles. The maximum Gasteiger partial charge on any atom is 0.231 e. The third kappa shape index (κ3) is 25.4. The van der Waals surface area contributed by atoms with Crippen LogP contribution in [0.5, 0.6) is 0 Å². The first-order valence-corrected chi connectivity index (χ1v) is 12.2. The van der Waals surface area contributed by atoms with Crippen molar-refractivity contribution in [2.75, 3.05) is 0 Å². The van der Waals surface area contributed by atoms with Crippen LogP contribution in [0.15, 0.2) is 0 Å². The van der Waals surface area contributed by atoms with Crippen molar-refractivity contribution >= 4 is 41.9 Å². The molecule has 0 aromatic rings. The second-order valence-corrected chi connectivity index (χ2v) is 9.80. The molecule has 0 aliphatic rings. The van der Waals surface area contributed by atoms with Crippen LogP contribution in [0, 0.1) is 0 Å². The first-order chi connectivity index (χ1) is 8.12. The molecule has 0 fully saturated rings. The third-order valence-electron chi connectivity index (χ3n) is 1.58. The molecule has 0 N–H and O–H groups in total. The van der Waals surface area contributed by atoms with E-state index in [2.05, 4.69) is 17.5 Å². The van der Waals surface area contributed by atoms with Crippen LogP contribution in [0.1, 0.15) is 39.5 Å². The maximum absolute atomic E-state index is 9.29. The minimum atomic E-state index is -5.43. The zero-order chi connectivity index (χ0) is 14.7. The molecule has 0 unspecified atom stereocenters. The topological polar surface area (TPSA) is 124 Å². The molecule has 0 atom stereocenters. The summed E-state index contributed by atoms with van der Waals surface area (Å²) in [5.74, 6) is 0. The van der Waals surface area contributed by atoms with E-state index in [1.807, 2.05) is 0 Å². The van der Waals surface area contributed by atoms with E-state index in [-0.39, 0.29) is 21.1 Å². The summed E-state index contributed by atoms with van der Waals surface area (Å²) in [6.07, 6.45) is 5.84. The standard InChI is InChI=1S/2C4H9.H2O7S2.Sn/c2*1-3-4-2;1-8(2,3)7-9(4,5)6;/h2*1,3-4H2,2H3;(H,1,2,3)(H,4,5,6);/q;;;+2/p-2. The van der Waals surface area contributed by atoms with Crippen LogP contribution in [0.2, 0.25) is 8.87 Å². The fraction of sp³-hybridized carbons (Fsp3) is 1.00. The minimum Gasteiger partial charge on any atom is -0.725 e. The van der Waals surface area contributed by atoms with E-state index in [0.717, 1.165) is 0 Å². The molecule has 0 heterocycles. The van der Waals surface area contributed by atoms with Gasteiger partial charge in [-0.2, -0.15) is 3.63 Å². The average Bonchev–Trinajstić information content (AvgIpc) is 2.13. The molecule has 0 saturated heterocycles. The molecule has 10 heteroatoms. The molecule has 0 bridgehead atoms. The van der Waals surface area contributed by atoms with Gasteiger partial charge in [-0.3, -0.25) is 0 Å². The molecule has 0 saturated carbocycles. The summed E-state index contributed by atoms with van der Waals surface area (Å²) < 4.78 is 61.4. The monoisotopic (exact) mass is 410 g/mol. The van der Waals surface area contributed by atoms with E-state index >= 15 is 0 Å². The van der Waals surface area contributed by atoms with Crippen molar-refractivity contribution in [3.05, 3.63) is 0 Å². The molecule has 18 heavy (non-hydrogen) atoms. The number of hydrogen-bond acceptors (Lipinski definition) is 7. The molecular formula is C8H18O7S2Sn. The summed E-state index contributed by atoms with van der Waals surface area (Å²) in [5, 5.41) is 0. The zero-order valence-corrected chi connectivity index (χ0v) is 14.9. The van der Waals surface area contributed by atoms with E-state index in [0.29, 0.717) is 0 Å². The minimum absolute atomic E-state index is 0.149. The number of unbranched alkanes of at least 4 members (excludes halogenated alkanes) is 2. The average molecular weight is 409 g/mol. The molecule has 0 amide bonds. The van der Waals surface area contributed by atoms with Gasteiger partial charge in [-0.05, 0) is 0 Å². The molecule has 108 valence electrons. The molecule has 0 spiro atoms. The first kappa shape index (κ1) is 20.9. The van der Waals surface area contributed by atoms with Crippen LogP contribution >= 0.6 is 0 Å². The maximum atomic E-state index is 9.29. The van der Waals surface area contributed by atoms with Gasteiger partial charge in [0.15, 0.2) is 0 Å². The van der Waals surface area contributed by atoms with Gasteiger partial charge in [0, 0.05) is 0 Å². The fourth-order valence-electron chi connectivity index (χ4n) is 0.831. The SMILES string of the molecule is CCC[CH2][Sn+2][CH2]CCC.O=S(=O)([O-])OS(=O)(=O)[O-]. The molecule has 0 aliphatic heterocycles. The van der Waals surface area contributed by atoms with Crippen LogP contribution in [0.3, 0.4) is 0 Å². The summed E-state index contributed by atoms with van der Waals surface area (Å²) in [7, 11) is -10.9. The largest absolute Gasteiger partial charge is 0.725 e. The van der Waals surface area contributed by atoms with E-state index in [1.165, 1.54) is 25.7 Å². The van der Waals surface area contributed by atoms with Crippen LogP contribution in [0.4, 0.5) is 0 Å². The third-order valence-corrected chi connectivity index (χ3v) is 6.95. The fourth-order valence-corrected chi connectivity index (χ4v) is 5.81. The van der Waals surface area contributed by atoms with Crippen molar-refractivity contribution in [3.63, 3.8) is 0 Å². The Morgan fingerprint density at radius 1 is 0.889 bits per heavy atom. The Hall–Kier alpha value is 0.579. The van der Waals surface area contributed by atoms with Crippen LogP contribution in [-0.4, -0.2) is 47.1 Å². The van der Waals surface area contributed by atoms with Gasteiger partial charge < -0.3 is 9.11 Å². The Morgan fingerprint density at radius 3 is 1.39 bits per heavy atom. The number of hydrogen-bond donors (Lipinski definition) is 0. The summed E-state index contributed by atoms with van der Waals surface area (Å²) in [6, 6.07) is 0. The molecule has 0 rings (SSSR count). The predicted octanol–water partition coefficient (Wildman–Crippen LogP) is 1.05. The molecule has 0 radical (unpaired) electrons. The molecule has 7 nitrogen and oxygen atoms in total. The zero-order valence-electron chi connectivity index (χ0n) is 10.4. The van der Waals surface area contributed by atoms with Crippen LogP contribution in [0.25, 0.3) is 0 Å². The van der Waals surface area contributed by atoms with Gasteiger partial charge in [-0.15, -0.1) is 0 Å². The van der Waals surface area contributed by atoms with Gasteiger partial charge in [-0.1, -0.05) is 0 Å². The van der Waals surface area contributed by atoms with Gasteiger partial charge >= 0.3 is 69.5 Å². The molecular weight excluding hydrogens is 391 g/mol. The predicted molar refractivity (Wildman–Crippen MR) is 65.7 cm³/mol. The van der Waals surface area contributed by atoms with Crippen LogP contribution < -0.4 is 0 Å². The summed E-state index contributed by atoms with van der Waals surface area (Å²) in [5.41, 5.74) is 0. The second-order valence-electron chi connectivity index (χ2n) is 3.34. The van der Waals surface area contributed by atoms with Crippen molar-refractivity contribution in [1.29, 1.82) is 0 Å². The Kier molecular flexibility index (Phi) is 13.2. The summed E-state index contributed by atoms with van der Waals surface area (Å²) in [4.78, 5) is 0. The van der Waals surface area contributed by atoms with Crippen molar-refractivity contribution in [2.24, 2.45) is 0 Å². The van der Waals surface area contributed by atoms with Crippen molar-refractivity contribution in [1.82, 2.24) is 0 Å². The van der Waals surface area contributed by atoms with Crippen LogP contribution in [-0.2, 0) is 24.4 Å². The van der Waals surface area contributed by atoms with Crippen molar-refractivity contribution in [3.8, 4) is 0 Å². The van der Waals surface area contributed by atoms with Gasteiger partial charge in [0.2, 0.25) is 20.8 Å². The molecule has 0 aromatic carbocycles. The quantitative estimate of drug-likeness (QED) is 0.254. The summed E-state index contributed by atoms with van der Waals surface area (Å²) >= 11 is 0.149. The normalized spacial score (nSPS) is 11.3. The van der Waals surface area contributed by atoms with E-state index in [9.17, 15) is 25.9 Å². The van der Waals surface area contributed by atoms with Gasteiger partial charge in [0.05, 0.1) is 0 Å². The van der Waals surface area contributed by atoms with Gasteiger partial charge in [-0.25, -0.2) is 16.8 Å². The van der Waals surface area contributed by atoms with Crippen molar-refractivity contribution < 1.29 is 29.6 Å². The van der Waals surface area contributed by atoms with Gasteiger partial charge in [0.1, 0.15) is 0 Å². The van der Waals surface area contributed by atoms with E-state index < -0.39 is 20.8 Å². The Balaban J connectivity index is 0. The number of rotatable bonds is 8. The summed E-state index contributed by atoms with van der Waals surface area (Å²) in [6.45, 7) is 4.58. The Labute approximate surface area is 119 Å². The Morgan fingerprint density at radius 2 is 1.22 bits per heavy atom. The smallest absolute Gasteiger partial charge is 0.231 e. The van der Waals surface area contributed by atoms with E-state index in [1.54, 1.807) is 8.87 Å². The van der Waals surface area contributed by atoms with E-state index in [4.69, 9.17) is 0 Å². The second kappa shape index (κ2) is 11.4. The molecule has 0 aromatic heterocycles. The van der Waals surface area contributed by atoms with Crippen molar-refractivity contribution in [2.45, 2.75) is 48.4 Å².